The van der Waals surface area contributed by atoms with E-state index >= 15 is 0 Å². The third-order valence-electron chi connectivity index (χ3n) is 3.46. The van der Waals surface area contributed by atoms with Gasteiger partial charge in [-0.15, -0.1) is 0 Å². The zero-order chi connectivity index (χ0) is 12.3. The molecule has 16 heavy (non-hydrogen) atoms. The molecule has 0 bridgehead atoms. The lowest BCUT2D eigenvalue weighted by atomic mass is 9.88. The highest BCUT2D eigenvalue weighted by molar-refractivity contribution is 5.10. The highest BCUT2D eigenvalue weighted by Gasteiger charge is 2.18. The third kappa shape index (κ3) is 3.08. The van der Waals surface area contributed by atoms with E-state index in [9.17, 15) is 0 Å². The second-order valence-electron chi connectivity index (χ2n) is 5.06. The van der Waals surface area contributed by atoms with Gasteiger partial charge in [0.05, 0.1) is 5.69 Å². The van der Waals surface area contributed by atoms with Crippen molar-refractivity contribution in [3.8, 4) is 0 Å². The quantitative estimate of drug-likeness (QED) is 0.833. The van der Waals surface area contributed by atoms with E-state index in [2.05, 4.69) is 43.5 Å². The average molecular weight is 223 g/mol. The molecule has 0 radical (unpaired) electrons. The molecule has 0 aliphatic rings. The van der Waals surface area contributed by atoms with Crippen LogP contribution in [0.15, 0.2) is 6.07 Å². The fraction of sp³-hybridized carbons (Fsp3) is 0.769. The molecule has 2 unspecified atom stereocenters. The van der Waals surface area contributed by atoms with Crippen molar-refractivity contribution in [2.75, 3.05) is 0 Å². The van der Waals surface area contributed by atoms with Gasteiger partial charge in [-0.05, 0) is 31.7 Å². The molecule has 2 atom stereocenters. The Labute approximate surface area is 99.0 Å². The Morgan fingerprint density at radius 1 is 1.38 bits per heavy atom. The lowest BCUT2D eigenvalue weighted by Crippen LogP contribution is -2.34. The van der Waals surface area contributed by atoms with Crippen LogP contribution in [0.3, 0.4) is 0 Å². The molecule has 3 nitrogen and oxygen atoms in total. The largest absolute Gasteiger partial charge is 0.327 e. The van der Waals surface area contributed by atoms with Crippen LogP contribution >= 0.6 is 0 Å². The molecule has 0 aliphatic carbocycles. The summed E-state index contributed by atoms with van der Waals surface area (Å²) < 4.78 is 2.06. The molecule has 1 heterocycles. The molecule has 0 aromatic carbocycles. The van der Waals surface area contributed by atoms with E-state index in [1.54, 1.807) is 0 Å². The summed E-state index contributed by atoms with van der Waals surface area (Å²) in [6.45, 7) is 11.8. The minimum Gasteiger partial charge on any atom is -0.327 e. The topological polar surface area (TPSA) is 43.8 Å². The van der Waals surface area contributed by atoms with Gasteiger partial charge >= 0.3 is 0 Å². The Hall–Kier alpha value is -0.830. The molecule has 0 saturated heterocycles. The molecule has 0 spiro atoms. The number of aryl methyl sites for hydroxylation is 2. The van der Waals surface area contributed by atoms with Crippen molar-refractivity contribution in [3.63, 3.8) is 0 Å². The van der Waals surface area contributed by atoms with Crippen LogP contribution < -0.4 is 5.73 Å². The van der Waals surface area contributed by atoms with Crippen LogP contribution in [0.2, 0.25) is 0 Å². The van der Waals surface area contributed by atoms with E-state index in [0.717, 1.165) is 18.7 Å². The van der Waals surface area contributed by atoms with E-state index in [1.165, 1.54) is 5.69 Å². The Bertz CT molecular complexity index is 328. The first-order valence-electron chi connectivity index (χ1n) is 6.24. The third-order valence-corrected chi connectivity index (χ3v) is 3.46. The molecule has 0 fully saturated rings. The van der Waals surface area contributed by atoms with Gasteiger partial charge in [0, 0.05) is 24.7 Å². The van der Waals surface area contributed by atoms with Crippen molar-refractivity contribution in [2.24, 2.45) is 17.6 Å². The zero-order valence-corrected chi connectivity index (χ0v) is 11.2. The maximum absolute atomic E-state index is 6.24. The smallest absolute Gasteiger partial charge is 0.0596 e. The summed E-state index contributed by atoms with van der Waals surface area (Å²) in [5.74, 6) is 1.18. The van der Waals surface area contributed by atoms with Gasteiger partial charge in [-0.2, -0.15) is 5.10 Å². The highest BCUT2D eigenvalue weighted by atomic mass is 15.3. The molecule has 1 rings (SSSR count). The van der Waals surface area contributed by atoms with Crippen molar-refractivity contribution in [3.05, 3.63) is 17.5 Å². The first-order chi connectivity index (χ1) is 7.45. The van der Waals surface area contributed by atoms with Crippen LogP contribution in [0, 0.1) is 18.8 Å². The molecule has 1 aromatic heterocycles. The van der Waals surface area contributed by atoms with E-state index in [-0.39, 0.29) is 6.04 Å². The standard InChI is InChI=1S/C13H25N3/c1-6-16-12(7-10(4)15-16)8-13(14)11(5)9(2)3/h7,9,11,13H,6,8,14H2,1-5H3. The number of rotatable bonds is 5. The molecule has 0 saturated carbocycles. The molecule has 2 N–H and O–H groups in total. The van der Waals surface area contributed by atoms with Gasteiger partial charge in [0.1, 0.15) is 0 Å². The van der Waals surface area contributed by atoms with Crippen LogP contribution in [0.25, 0.3) is 0 Å². The normalized spacial score (nSPS) is 15.4. The molecular weight excluding hydrogens is 198 g/mol. The zero-order valence-electron chi connectivity index (χ0n) is 11.2. The first-order valence-corrected chi connectivity index (χ1v) is 6.24. The molecule has 1 aromatic rings. The van der Waals surface area contributed by atoms with Crippen molar-refractivity contribution < 1.29 is 0 Å². The van der Waals surface area contributed by atoms with Gasteiger partial charge in [0.15, 0.2) is 0 Å². The molecule has 3 heteroatoms. The van der Waals surface area contributed by atoms with Gasteiger partial charge in [-0.25, -0.2) is 0 Å². The van der Waals surface area contributed by atoms with Gasteiger partial charge in [-0.1, -0.05) is 20.8 Å². The van der Waals surface area contributed by atoms with Crippen LogP contribution in [0.5, 0.6) is 0 Å². The van der Waals surface area contributed by atoms with Gasteiger partial charge in [0.2, 0.25) is 0 Å². The maximum Gasteiger partial charge on any atom is 0.0596 e. The van der Waals surface area contributed by atoms with E-state index in [1.807, 2.05) is 6.92 Å². The maximum atomic E-state index is 6.24. The average Bonchev–Trinajstić information content (AvgIpc) is 2.57. The number of nitrogens with two attached hydrogens (primary N) is 1. The fourth-order valence-corrected chi connectivity index (χ4v) is 1.96. The van der Waals surface area contributed by atoms with Gasteiger partial charge in [0.25, 0.3) is 0 Å². The van der Waals surface area contributed by atoms with Crippen LogP contribution in [-0.2, 0) is 13.0 Å². The second-order valence-corrected chi connectivity index (χ2v) is 5.06. The van der Waals surface area contributed by atoms with Gasteiger partial charge in [-0.3, -0.25) is 4.68 Å². The summed E-state index contributed by atoms with van der Waals surface area (Å²) in [6, 6.07) is 2.37. The van der Waals surface area contributed by atoms with Crippen molar-refractivity contribution in [1.82, 2.24) is 9.78 Å². The first kappa shape index (κ1) is 13.2. The number of nitrogens with zero attached hydrogens (tertiary/aromatic N) is 2. The minimum atomic E-state index is 0.224. The fourth-order valence-electron chi connectivity index (χ4n) is 1.96. The highest BCUT2D eigenvalue weighted by Crippen LogP contribution is 2.17. The molecule has 0 aliphatic heterocycles. The molecule has 92 valence electrons. The van der Waals surface area contributed by atoms with Crippen LogP contribution in [-0.4, -0.2) is 15.8 Å². The lowest BCUT2D eigenvalue weighted by Gasteiger charge is -2.23. The Balaban J connectivity index is 2.72. The van der Waals surface area contributed by atoms with E-state index in [0.29, 0.717) is 11.8 Å². The Morgan fingerprint density at radius 2 is 2.00 bits per heavy atom. The van der Waals surface area contributed by atoms with Crippen molar-refractivity contribution in [2.45, 2.75) is 53.6 Å². The monoisotopic (exact) mass is 223 g/mol. The number of hydrogen-bond donors (Lipinski definition) is 1. The van der Waals surface area contributed by atoms with E-state index in [4.69, 9.17) is 5.73 Å². The predicted octanol–water partition coefficient (Wildman–Crippen LogP) is 2.37. The van der Waals surface area contributed by atoms with Crippen molar-refractivity contribution in [1.29, 1.82) is 0 Å². The molecular formula is C13H25N3. The molecule has 0 amide bonds. The SMILES string of the molecule is CCn1nc(C)cc1CC(N)C(C)C(C)C. The summed E-state index contributed by atoms with van der Waals surface area (Å²) in [7, 11) is 0. The minimum absolute atomic E-state index is 0.224. The van der Waals surface area contributed by atoms with E-state index < -0.39 is 0 Å². The predicted molar refractivity (Wildman–Crippen MR) is 68.3 cm³/mol. The number of hydrogen-bond acceptors (Lipinski definition) is 2. The van der Waals surface area contributed by atoms with Crippen LogP contribution in [0.4, 0.5) is 0 Å². The Morgan fingerprint density at radius 3 is 2.50 bits per heavy atom. The summed E-state index contributed by atoms with van der Waals surface area (Å²) in [6.07, 6.45) is 0.925. The van der Waals surface area contributed by atoms with Crippen molar-refractivity contribution >= 4 is 0 Å². The summed E-state index contributed by atoms with van der Waals surface area (Å²) in [5.41, 5.74) is 8.59. The lowest BCUT2D eigenvalue weighted by molar-refractivity contribution is 0.339. The summed E-state index contributed by atoms with van der Waals surface area (Å²) in [4.78, 5) is 0. The second kappa shape index (κ2) is 5.48. The summed E-state index contributed by atoms with van der Waals surface area (Å²) in [5, 5.41) is 4.45. The van der Waals surface area contributed by atoms with Crippen LogP contribution in [0.1, 0.15) is 39.1 Å². The van der Waals surface area contributed by atoms with Gasteiger partial charge < -0.3 is 5.73 Å². The Kier molecular flexibility index (Phi) is 4.54. The summed E-state index contributed by atoms with van der Waals surface area (Å²) >= 11 is 0. The number of aromatic nitrogens is 2.